The first-order valence-corrected chi connectivity index (χ1v) is 6.07. The Morgan fingerprint density at radius 2 is 1.88 bits per heavy atom. The summed E-state index contributed by atoms with van der Waals surface area (Å²) in [6.07, 6.45) is 4.72. The van der Waals surface area contributed by atoms with E-state index in [-0.39, 0.29) is 0 Å². The Bertz CT molecular complexity index is 259. The topological polar surface area (TPSA) is 18.5 Å². The lowest BCUT2D eigenvalue weighted by Gasteiger charge is -2.18. The van der Waals surface area contributed by atoms with Gasteiger partial charge < -0.3 is 9.47 Å². The molecule has 0 fully saturated rings. The van der Waals surface area contributed by atoms with Crippen LogP contribution in [0.2, 0.25) is 0 Å². The average molecular weight is 222 g/mol. The molecule has 16 heavy (non-hydrogen) atoms. The first-order chi connectivity index (χ1) is 7.86. The van der Waals surface area contributed by atoms with Crippen molar-refractivity contribution in [2.24, 2.45) is 0 Å². The van der Waals surface area contributed by atoms with Gasteiger partial charge in [0.05, 0.1) is 6.10 Å². The highest BCUT2D eigenvalue weighted by atomic mass is 16.5. The molecule has 1 aromatic rings. The second-order valence-electron chi connectivity index (χ2n) is 3.98. The van der Waals surface area contributed by atoms with Crippen molar-refractivity contribution < 1.29 is 9.47 Å². The van der Waals surface area contributed by atoms with E-state index in [4.69, 9.17) is 9.47 Å². The van der Waals surface area contributed by atoms with Crippen LogP contribution in [0.3, 0.4) is 0 Å². The third kappa shape index (κ3) is 5.17. The van der Waals surface area contributed by atoms with Gasteiger partial charge in [-0.2, -0.15) is 0 Å². The molecule has 1 atom stereocenters. The molecule has 0 N–H and O–H groups in total. The second kappa shape index (κ2) is 8.17. The number of methoxy groups -OCH3 is 1. The van der Waals surface area contributed by atoms with Gasteiger partial charge in [0.25, 0.3) is 0 Å². The molecule has 1 aromatic carbocycles. The maximum Gasteiger partial charge on any atom is 0.119 e. The SMILES string of the molecule is CCCC(CCCOC)Oc1ccccc1. The molecule has 0 heterocycles. The molecule has 0 radical (unpaired) electrons. The van der Waals surface area contributed by atoms with E-state index in [0.717, 1.165) is 38.0 Å². The Balaban J connectivity index is 2.38. The van der Waals surface area contributed by atoms with Crippen LogP contribution in [-0.4, -0.2) is 19.8 Å². The predicted molar refractivity (Wildman–Crippen MR) is 66.9 cm³/mol. The zero-order chi connectivity index (χ0) is 11.6. The van der Waals surface area contributed by atoms with Crippen LogP contribution >= 0.6 is 0 Å². The summed E-state index contributed by atoms with van der Waals surface area (Å²) in [5, 5.41) is 0. The highest BCUT2D eigenvalue weighted by Gasteiger charge is 2.08. The molecule has 0 bridgehead atoms. The summed E-state index contributed by atoms with van der Waals surface area (Å²) in [4.78, 5) is 0. The summed E-state index contributed by atoms with van der Waals surface area (Å²) < 4.78 is 11.0. The van der Waals surface area contributed by atoms with Gasteiger partial charge in [0.15, 0.2) is 0 Å². The zero-order valence-electron chi connectivity index (χ0n) is 10.3. The van der Waals surface area contributed by atoms with Gasteiger partial charge >= 0.3 is 0 Å². The predicted octanol–water partition coefficient (Wildman–Crippen LogP) is 3.66. The fourth-order valence-corrected chi connectivity index (χ4v) is 1.73. The van der Waals surface area contributed by atoms with E-state index in [0.29, 0.717) is 6.10 Å². The summed E-state index contributed by atoms with van der Waals surface area (Å²) in [5.74, 6) is 0.971. The Morgan fingerprint density at radius 3 is 2.50 bits per heavy atom. The van der Waals surface area contributed by atoms with Crippen molar-refractivity contribution in [1.29, 1.82) is 0 Å². The largest absolute Gasteiger partial charge is 0.490 e. The summed E-state index contributed by atoms with van der Waals surface area (Å²) >= 11 is 0. The maximum absolute atomic E-state index is 5.95. The van der Waals surface area contributed by atoms with Crippen molar-refractivity contribution in [3.8, 4) is 5.75 Å². The second-order valence-corrected chi connectivity index (χ2v) is 3.98. The molecule has 90 valence electrons. The molecule has 0 saturated carbocycles. The molecule has 0 saturated heterocycles. The number of benzene rings is 1. The van der Waals surface area contributed by atoms with Crippen LogP contribution in [0.15, 0.2) is 30.3 Å². The van der Waals surface area contributed by atoms with Gasteiger partial charge in [0.1, 0.15) is 5.75 Å². The minimum Gasteiger partial charge on any atom is -0.490 e. The van der Waals surface area contributed by atoms with Crippen LogP contribution in [0.1, 0.15) is 32.6 Å². The number of para-hydroxylation sites is 1. The number of ether oxygens (including phenoxy) is 2. The Labute approximate surface area is 98.6 Å². The summed E-state index contributed by atoms with van der Waals surface area (Å²) in [6.45, 7) is 3.01. The van der Waals surface area contributed by atoms with E-state index in [1.54, 1.807) is 7.11 Å². The van der Waals surface area contributed by atoms with Gasteiger partial charge in [-0.05, 0) is 31.4 Å². The first kappa shape index (κ1) is 13.0. The molecule has 0 aliphatic carbocycles. The van der Waals surface area contributed by atoms with E-state index in [2.05, 4.69) is 6.92 Å². The average Bonchev–Trinajstić information content (AvgIpc) is 2.31. The Hall–Kier alpha value is -1.02. The number of hydrogen-bond donors (Lipinski definition) is 0. The van der Waals surface area contributed by atoms with Crippen molar-refractivity contribution in [3.05, 3.63) is 30.3 Å². The van der Waals surface area contributed by atoms with Crippen LogP contribution in [0.5, 0.6) is 5.75 Å². The van der Waals surface area contributed by atoms with Crippen molar-refractivity contribution in [1.82, 2.24) is 0 Å². The molecular weight excluding hydrogens is 200 g/mol. The third-order valence-corrected chi connectivity index (χ3v) is 2.53. The highest BCUT2D eigenvalue weighted by Crippen LogP contribution is 2.16. The Morgan fingerprint density at radius 1 is 1.12 bits per heavy atom. The molecule has 0 aromatic heterocycles. The lowest BCUT2D eigenvalue weighted by molar-refractivity contribution is 0.145. The zero-order valence-corrected chi connectivity index (χ0v) is 10.3. The molecule has 1 unspecified atom stereocenters. The van der Waals surface area contributed by atoms with Gasteiger partial charge in [-0.3, -0.25) is 0 Å². The normalized spacial score (nSPS) is 12.4. The number of rotatable bonds is 8. The quantitative estimate of drug-likeness (QED) is 0.625. The van der Waals surface area contributed by atoms with Crippen LogP contribution in [0.25, 0.3) is 0 Å². The van der Waals surface area contributed by atoms with Crippen molar-refractivity contribution in [2.45, 2.75) is 38.7 Å². The van der Waals surface area contributed by atoms with Crippen LogP contribution < -0.4 is 4.74 Å². The summed E-state index contributed by atoms with van der Waals surface area (Å²) in [6, 6.07) is 10.0. The Kier molecular flexibility index (Phi) is 6.66. The summed E-state index contributed by atoms with van der Waals surface area (Å²) in [7, 11) is 1.74. The molecular formula is C14H22O2. The smallest absolute Gasteiger partial charge is 0.119 e. The van der Waals surface area contributed by atoms with Crippen LogP contribution in [0, 0.1) is 0 Å². The van der Waals surface area contributed by atoms with E-state index < -0.39 is 0 Å². The van der Waals surface area contributed by atoms with Gasteiger partial charge in [-0.1, -0.05) is 31.5 Å². The monoisotopic (exact) mass is 222 g/mol. The highest BCUT2D eigenvalue weighted by molar-refractivity contribution is 5.21. The molecule has 0 aliphatic heterocycles. The fourth-order valence-electron chi connectivity index (χ4n) is 1.73. The minimum absolute atomic E-state index is 0.322. The molecule has 2 heteroatoms. The fraction of sp³-hybridized carbons (Fsp3) is 0.571. The maximum atomic E-state index is 5.95. The van der Waals surface area contributed by atoms with Crippen molar-refractivity contribution in [2.75, 3.05) is 13.7 Å². The molecule has 0 spiro atoms. The van der Waals surface area contributed by atoms with Gasteiger partial charge in [-0.15, -0.1) is 0 Å². The van der Waals surface area contributed by atoms with Crippen LogP contribution in [-0.2, 0) is 4.74 Å². The van der Waals surface area contributed by atoms with Gasteiger partial charge in [-0.25, -0.2) is 0 Å². The van der Waals surface area contributed by atoms with Crippen molar-refractivity contribution in [3.63, 3.8) is 0 Å². The van der Waals surface area contributed by atoms with Crippen LogP contribution in [0.4, 0.5) is 0 Å². The molecule has 2 nitrogen and oxygen atoms in total. The molecule has 0 amide bonds. The first-order valence-electron chi connectivity index (χ1n) is 6.07. The van der Waals surface area contributed by atoms with E-state index in [9.17, 15) is 0 Å². The van der Waals surface area contributed by atoms with E-state index >= 15 is 0 Å². The lowest BCUT2D eigenvalue weighted by Crippen LogP contribution is -2.16. The molecule has 0 aliphatic rings. The standard InChI is InChI=1S/C14H22O2/c1-3-8-13(11-7-12-15-2)16-14-9-5-4-6-10-14/h4-6,9-10,13H,3,7-8,11-12H2,1-2H3. The van der Waals surface area contributed by atoms with E-state index in [1.165, 1.54) is 0 Å². The molecule has 1 rings (SSSR count). The number of hydrogen-bond acceptors (Lipinski definition) is 2. The van der Waals surface area contributed by atoms with Crippen molar-refractivity contribution >= 4 is 0 Å². The van der Waals surface area contributed by atoms with Gasteiger partial charge in [0.2, 0.25) is 0 Å². The summed E-state index contributed by atoms with van der Waals surface area (Å²) in [5.41, 5.74) is 0. The van der Waals surface area contributed by atoms with Gasteiger partial charge in [0, 0.05) is 13.7 Å². The van der Waals surface area contributed by atoms with E-state index in [1.807, 2.05) is 30.3 Å². The minimum atomic E-state index is 0.322. The lowest BCUT2D eigenvalue weighted by atomic mass is 10.1. The third-order valence-electron chi connectivity index (χ3n) is 2.53.